The van der Waals surface area contributed by atoms with E-state index in [1.165, 1.54) is 12.1 Å². The van der Waals surface area contributed by atoms with Crippen molar-refractivity contribution in [2.24, 2.45) is 0 Å². The van der Waals surface area contributed by atoms with Gasteiger partial charge in [-0.2, -0.15) is 5.26 Å². The summed E-state index contributed by atoms with van der Waals surface area (Å²) in [4.78, 5) is 0. The lowest BCUT2D eigenvalue weighted by atomic mass is 10.2. The van der Waals surface area contributed by atoms with Crippen LogP contribution < -0.4 is 0 Å². The largest absolute Gasteiger partial charge is 0.508 e. The minimum Gasteiger partial charge on any atom is -0.508 e. The molecular formula is C9H4FNO. The molecule has 0 unspecified atom stereocenters. The van der Waals surface area contributed by atoms with Gasteiger partial charge in [-0.25, -0.2) is 4.39 Å². The van der Waals surface area contributed by atoms with Gasteiger partial charge >= 0.3 is 0 Å². The number of nitriles is 1. The lowest BCUT2D eigenvalue weighted by molar-refractivity contribution is 0.472. The molecule has 0 heterocycles. The molecule has 0 aromatic heterocycles. The van der Waals surface area contributed by atoms with Crippen molar-refractivity contribution in [3.63, 3.8) is 0 Å². The topological polar surface area (TPSA) is 44.0 Å². The van der Waals surface area contributed by atoms with E-state index in [2.05, 4.69) is 5.92 Å². The molecule has 0 bridgehead atoms. The average molecular weight is 161 g/mol. The molecule has 0 aliphatic carbocycles. The first-order chi connectivity index (χ1) is 5.74. The Morgan fingerprint density at radius 2 is 2.17 bits per heavy atom. The van der Waals surface area contributed by atoms with Gasteiger partial charge in [-0.3, -0.25) is 0 Å². The van der Waals surface area contributed by atoms with Gasteiger partial charge < -0.3 is 5.11 Å². The summed E-state index contributed by atoms with van der Waals surface area (Å²) in [5.41, 5.74) is 0.0246. The lowest BCUT2D eigenvalue weighted by Gasteiger charge is -1.93. The van der Waals surface area contributed by atoms with Gasteiger partial charge in [0.05, 0.1) is 5.56 Å². The number of benzene rings is 1. The van der Waals surface area contributed by atoms with E-state index in [1.807, 2.05) is 5.92 Å². The van der Waals surface area contributed by atoms with E-state index in [0.717, 1.165) is 6.07 Å². The fraction of sp³-hybridized carbons (Fsp3) is 0. The predicted molar refractivity (Wildman–Crippen MR) is 40.6 cm³/mol. The monoisotopic (exact) mass is 161 g/mol. The average Bonchev–Trinajstić information content (AvgIpc) is 2.07. The Hall–Kier alpha value is -2.00. The maximum absolute atomic E-state index is 12.8. The lowest BCUT2D eigenvalue weighted by Crippen LogP contribution is -1.81. The van der Waals surface area contributed by atoms with Crippen LogP contribution in [0.2, 0.25) is 0 Å². The maximum atomic E-state index is 12.8. The van der Waals surface area contributed by atoms with Crippen molar-refractivity contribution in [3.05, 3.63) is 29.6 Å². The molecule has 3 heteroatoms. The zero-order valence-corrected chi connectivity index (χ0v) is 6.00. The van der Waals surface area contributed by atoms with Crippen LogP contribution in [-0.4, -0.2) is 5.11 Å². The molecule has 0 spiro atoms. The minimum atomic E-state index is -0.546. The van der Waals surface area contributed by atoms with Gasteiger partial charge in [-0.1, -0.05) is 0 Å². The van der Waals surface area contributed by atoms with Gasteiger partial charge in [-0.05, 0) is 24.1 Å². The number of halogens is 1. The Morgan fingerprint density at radius 3 is 2.83 bits per heavy atom. The van der Waals surface area contributed by atoms with E-state index in [1.54, 1.807) is 6.07 Å². The van der Waals surface area contributed by atoms with Crippen molar-refractivity contribution in [3.8, 4) is 23.7 Å². The van der Waals surface area contributed by atoms with Gasteiger partial charge in [-0.15, -0.1) is 0 Å². The number of rotatable bonds is 0. The molecule has 0 fully saturated rings. The number of aromatic hydroxyl groups is 1. The van der Waals surface area contributed by atoms with Crippen LogP contribution in [0.5, 0.6) is 5.75 Å². The highest BCUT2D eigenvalue weighted by Crippen LogP contribution is 2.13. The first kappa shape index (κ1) is 8.10. The first-order valence-corrected chi connectivity index (χ1v) is 3.12. The van der Waals surface area contributed by atoms with Gasteiger partial charge in [0.2, 0.25) is 0 Å². The molecule has 12 heavy (non-hydrogen) atoms. The van der Waals surface area contributed by atoms with E-state index < -0.39 is 5.82 Å². The zero-order valence-electron chi connectivity index (χ0n) is 6.00. The van der Waals surface area contributed by atoms with Crippen molar-refractivity contribution in [1.82, 2.24) is 0 Å². The van der Waals surface area contributed by atoms with E-state index in [4.69, 9.17) is 10.4 Å². The highest BCUT2D eigenvalue weighted by Gasteiger charge is 1.98. The summed E-state index contributed by atoms with van der Waals surface area (Å²) in [6.07, 6.45) is 0. The Balaban J connectivity index is 3.16. The Labute approximate surface area is 68.9 Å². The summed E-state index contributed by atoms with van der Waals surface area (Å²) in [6.45, 7) is 0. The third-order valence-electron chi connectivity index (χ3n) is 1.20. The summed E-state index contributed by atoms with van der Waals surface area (Å²) in [7, 11) is 0. The number of phenols is 1. The minimum absolute atomic E-state index is 0.0246. The van der Waals surface area contributed by atoms with Crippen LogP contribution >= 0.6 is 0 Å². The van der Waals surface area contributed by atoms with Crippen LogP contribution in [0.15, 0.2) is 18.2 Å². The molecular weight excluding hydrogens is 157 g/mol. The van der Waals surface area contributed by atoms with Crippen molar-refractivity contribution in [2.45, 2.75) is 0 Å². The van der Waals surface area contributed by atoms with E-state index in [0.29, 0.717) is 0 Å². The second kappa shape index (κ2) is 3.41. The van der Waals surface area contributed by atoms with Crippen LogP contribution in [0.1, 0.15) is 5.56 Å². The molecule has 0 radical (unpaired) electrons. The van der Waals surface area contributed by atoms with E-state index in [9.17, 15) is 4.39 Å². The normalized spacial score (nSPS) is 8.00. The Kier molecular flexibility index (Phi) is 2.30. The van der Waals surface area contributed by atoms with Gasteiger partial charge in [0, 0.05) is 5.92 Å². The smallest absolute Gasteiger partial charge is 0.152 e. The van der Waals surface area contributed by atoms with Crippen LogP contribution in [0.3, 0.4) is 0 Å². The molecule has 1 rings (SSSR count). The summed E-state index contributed by atoms with van der Waals surface area (Å²) >= 11 is 0. The molecule has 0 atom stereocenters. The molecule has 2 nitrogen and oxygen atoms in total. The van der Waals surface area contributed by atoms with Crippen molar-refractivity contribution in [2.75, 3.05) is 0 Å². The number of hydrogen-bond acceptors (Lipinski definition) is 2. The number of hydrogen-bond donors (Lipinski definition) is 1. The van der Waals surface area contributed by atoms with Gasteiger partial charge in [0.1, 0.15) is 11.6 Å². The number of nitrogens with zero attached hydrogens (tertiary/aromatic N) is 1. The molecule has 0 saturated carbocycles. The standard InChI is InChI=1S/C9H4FNO/c10-9-4-3-8(12)6-7(9)2-1-5-11/h3-4,6,12H. The molecule has 0 aliphatic rings. The van der Waals surface area contributed by atoms with Crippen molar-refractivity contribution < 1.29 is 9.50 Å². The third-order valence-corrected chi connectivity index (χ3v) is 1.20. The second-order valence-corrected chi connectivity index (χ2v) is 2.03. The summed E-state index contributed by atoms with van der Waals surface area (Å²) in [6, 6.07) is 5.03. The van der Waals surface area contributed by atoms with Gasteiger partial charge in [0.15, 0.2) is 6.07 Å². The summed E-state index contributed by atoms with van der Waals surface area (Å²) in [5, 5.41) is 17.0. The Morgan fingerprint density at radius 1 is 1.42 bits per heavy atom. The van der Waals surface area contributed by atoms with E-state index >= 15 is 0 Å². The first-order valence-electron chi connectivity index (χ1n) is 3.12. The highest BCUT2D eigenvalue weighted by molar-refractivity contribution is 5.42. The van der Waals surface area contributed by atoms with Crippen LogP contribution in [0.4, 0.5) is 4.39 Å². The fourth-order valence-electron chi connectivity index (χ4n) is 0.704. The Bertz CT molecular complexity index is 395. The molecule has 0 aliphatic heterocycles. The second-order valence-electron chi connectivity index (χ2n) is 2.03. The quantitative estimate of drug-likeness (QED) is 0.584. The van der Waals surface area contributed by atoms with Crippen LogP contribution in [0.25, 0.3) is 0 Å². The van der Waals surface area contributed by atoms with Gasteiger partial charge in [0.25, 0.3) is 0 Å². The molecule has 1 aromatic carbocycles. The van der Waals surface area contributed by atoms with Crippen LogP contribution in [0, 0.1) is 29.0 Å². The number of phenolic OH excluding ortho intramolecular Hbond substituents is 1. The molecule has 1 N–H and O–H groups in total. The maximum Gasteiger partial charge on any atom is 0.152 e. The van der Waals surface area contributed by atoms with Crippen LogP contribution in [-0.2, 0) is 0 Å². The highest BCUT2D eigenvalue weighted by atomic mass is 19.1. The third kappa shape index (κ3) is 1.74. The molecule has 0 amide bonds. The predicted octanol–water partition coefficient (Wildman–Crippen LogP) is 1.41. The van der Waals surface area contributed by atoms with Crippen molar-refractivity contribution in [1.29, 1.82) is 5.26 Å². The SMILES string of the molecule is N#CC#Cc1cc(O)ccc1F. The zero-order chi connectivity index (χ0) is 8.97. The summed E-state index contributed by atoms with van der Waals surface area (Å²) < 4.78 is 12.8. The molecule has 1 aromatic rings. The molecule has 58 valence electrons. The summed E-state index contributed by atoms with van der Waals surface area (Å²) in [5.74, 6) is 3.68. The molecule has 0 saturated heterocycles. The van der Waals surface area contributed by atoms with Crippen molar-refractivity contribution >= 4 is 0 Å². The fourth-order valence-corrected chi connectivity index (χ4v) is 0.704. The van der Waals surface area contributed by atoms with E-state index in [-0.39, 0.29) is 11.3 Å².